The second-order valence-corrected chi connectivity index (χ2v) is 3.43. The standard InChI is InChI=1S/C8H5BrF3NO2/c9-7-3(2-5(14)15)1-4(10)6(13-7)8(11)12/h1,8H,2H2,(H,14,15). The second kappa shape index (κ2) is 4.61. The largest absolute Gasteiger partial charge is 0.481 e. The third-order valence-corrected chi connectivity index (χ3v) is 2.26. The molecule has 1 N–H and O–H groups in total. The molecular formula is C8H5BrF3NO2. The molecule has 0 aliphatic carbocycles. The summed E-state index contributed by atoms with van der Waals surface area (Å²) in [5.74, 6) is -2.40. The SMILES string of the molecule is O=C(O)Cc1cc(F)c(C(F)F)nc1Br. The molecular weight excluding hydrogens is 279 g/mol. The number of halogens is 4. The van der Waals surface area contributed by atoms with Gasteiger partial charge in [0.05, 0.1) is 6.42 Å². The molecule has 0 spiro atoms. The van der Waals surface area contributed by atoms with E-state index in [1.165, 1.54) is 0 Å². The molecule has 1 aromatic heterocycles. The van der Waals surface area contributed by atoms with Crippen LogP contribution in [0.1, 0.15) is 17.7 Å². The predicted molar refractivity (Wildman–Crippen MR) is 48.2 cm³/mol. The van der Waals surface area contributed by atoms with Crippen molar-refractivity contribution >= 4 is 21.9 Å². The Kier molecular flexibility index (Phi) is 3.67. The topological polar surface area (TPSA) is 50.2 Å². The Balaban J connectivity index is 3.13. The quantitative estimate of drug-likeness (QED) is 0.868. The number of rotatable bonds is 3. The number of carboxylic acid groups (broad SMARTS) is 1. The number of pyridine rings is 1. The van der Waals surface area contributed by atoms with E-state index in [-0.39, 0.29) is 10.2 Å². The molecule has 0 unspecified atom stereocenters. The molecule has 1 rings (SSSR count). The lowest BCUT2D eigenvalue weighted by atomic mass is 10.2. The highest BCUT2D eigenvalue weighted by Gasteiger charge is 2.18. The summed E-state index contributed by atoms with van der Waals surface area (Å²) in [7, 11) is 0. The summed E-state index contributed by atoms with van der Waals surface area (Å²) < 4.78 is 37.2. The van der Waals surface area contributed by atoms with Crippen molar-refractivity contribution in [1.29, 1.82) is 0 Å². The maximum atomic E-state index is 13.0. The van der Waals surface area contributed by atoms with Crippen molar-refractivity contribution in [2.75, 3.05) is 0 Å². The first-order valence-corrected chi connectivity index (χ1v) is 4.56. The zero-order valence-corrected chi connectivity index (χ0v) is 8.76. The fourth-order valence-electron chi connectivity index (χ4n) is 0.957. The Morgan fingerprint density at radius 1 is 1.60 bits per heavy atom. The van der Waals surface area contributed by atoms with Gasteiger partial charge in [-0.3, -0.25) is 4.79 Å². The first kappa shape index (κ1) is 12.0. The Morgan fingerprint density at radius 2 is 2.20 bits per heavy atom. The molecule has 7 heteroatoms. The van der Waals surface area contributed by atoms with Crippen LogP contribution in [-0.2, 0) is 11.2 Å². The minimum atomic E-state index is -3.03. The lowest BCUT2D eigenvalue weighted by molar-refractivity contribution is -0.136. The minimum Gasteiger partial charge on any atom is -0.481 e. The Bertz CT molecular complexity index is 398. The molecule has 82 valence electrons. The smallest absolute Gasteiger partial charge is 0.307 e. The van der Waals surface area contributed by atoms with Crippen LogP contribution in [0.15, 0.2) is 10.7 Å². The van der Waals surface area contributed by atoms with Gasteiger partial charge in [-0.2, -0.15) is 0 Å². The number of alkyl halides is 2. The molecule has 1 heterocycles. The molecule has 0 atom stereocenters. The van der Waals surface area contributed by atoms with E-state index in [1.54, 1.807) is 0 Å². The molecule has 0 bridgehead atoms. The van der Waals surface area contributed by atoms with E-state index in [0.29, 0.717) is 0 Å². The molecule has 0 aliphatic rings. The van der Waals surface area contributed by atoms with Crippen LogP contribution in [0.3, 0.4) is 0 Å². The summed E-state index contributed by atoms with van der Waals surface area (Å²) in [5.41, 5.74) is -0.972. The predicted octanol–water partition coefficient (Wildman–Crippen LogP) is 2.55. The summed E-state index contributed by atoms with van der Waals surface area (Å²) >= 11 is 2.80. The van der Waals surface area contributed by atoms with Crippen LogP contribution in [0.4, 0.5) is 13.2 Å². The monoisotopic (exact) mass is 283 g/mol. The molecule has 0 fully saturated rings. The number of hydrogen-bond donors (Lipinski definition) is 1. The normalized spacial score (nSPS) is 10.7. The van der Waals surface area contributed by atoms with Gasteiger partial charge < -0.3 is 5.11 Å². The lowest BCUT2D eigenvalue weighted by Crippen LogP contribution is -2.05. The molecule has 1 aromatic rings. The van der Waals surface area contributed by atoms with E-state index in [1.807, 2.05) is 0 Å². The zero-order chi connectivity index (χ0) is 11.6. The minimum absolute atomic E-state index is 0.0180. The van der Waals surface area contributed by atoms with Crippen molar-refractivity contribution in [3.05, 3.63) is 27.7 Å². The van der Waals surface area contributed by atoms with Gasteiger partial charge in [-0.1, -0.05) is 0 Å². The first-order chi connectivity index (χ1) is 6.91. The van der Waals surface area contributed by atoms with Gasteiger partial charge in [0.1, 0.15) is 10.3 Å². The molecule has 0 radical (unpaired) electrons. The third-order valence-electron chi connectivity index (χ3n) is 1.58. The van der Waals surface area contributed by atoms with E-state index < -0.39 is 30.3 Å². The maximum Gasteiger partial charge on any atom is 0.307 e. The van der Waals surface area contributed by atoms with Crippen LogP contribution in [0.25, 0.3) is 0 Å². The molecule has 0 amide bonds. The van der Waals surface area contributed by atoms with Gasteiger partial charge in [0.15, 0.2) is 5.82 Å². The average Bonchev–Trinajstić information content (AvgIpc) is 2.09. The van der Waals surface area contributed by atoms with Crippen LogP contribution in [0, 0.1) is 5.82 Å². The van der Waals surface area contributed by atoms with Crippen LogP contribution in [0.2, 0.25) is 0 Å². The highest BCUT2D eigenvalue weighted by atomic mass is 79.9. The van der Waals surface area contributed by atoms with Crippen LogP contribution >= 0.6 is 15.9 Å². The van der Waals surface area contributed by atoms with Crippen molar-refractivity contribution < 1.29 is 23.1 Å². The van der Waals surface area contributed by atoms with Crippen LogP contribution in [-0.4, -0.2) is 16.1 Å². The number of aliphatic carboxylic acids is 1. The zero-order valence-electron chi connectivity index (χ0n) is 7.18. The first-order valence-electron chi connectivity index (χ1n) is 3.76. The van der Waals surface area contributed by atoms with E-state index in [2.05, 4.69) is 20.9 Å². The van der Waals surface area contributed by atoms with Crippen molar-refractivity contribution in [1.82, 2.24) is 4.98 Å². The molecule has 3 nitrogen and oxygen atoms in total. The van der Waals surface area contributed by atoms with E-state index in [0.717, 1.165) is 6.07 Å². The Morgan fingerprint density at radius 3 is 2.67 bits per heavy atom. The van der Waals surface area contributed by atoms with Gasteiger partial charge in [0, 0.05) is 0 Å². The third kappa shape index (κ3) is 2.92. The fraction of sp³-hybridized carbons (Fsp3) is 0.250. The van der Waals surface area contributed by atoms with Gasteiger partial charge >= 0.3 is 5.97 Å². The summed E-state index contributed by atoms with van der Waals surface area (Å²) in [6.45, 7) is 0. The van der Waals surface area contributed by atoms with Gasteiger partial charge in [-0.15, -0.1) is 0 Å². The average molecular weight is 284 g/mol. The van der Waals surface area contributed by atoms with Crippen molar-refractivity contribution in [2.45, 2.75) is 12.8 Å². The number of carboxylic acids is 1. The van der Waals surface area contributed by atoms with Crippen LogP contribution < -0.4 is 0 Å². The number of hydrogen-bond acceptors (Lipinski definition) is 2. The summed E-state index contributed by atoms with van der Waals surface area (Å²) in [6.07, 6.45) is -3.51. The fourth-order valence-corrected chi connectivity index (χ4v) is 1.40. The molecule has 15 heavy (non-hydrogen) atoms. The van der Waals surface area contributed by atoms with Crippen molar-refractivity contribution in [3.63, 3.8) is 0 Å². The highest BCUT2D eigenvalue weighted by molar-refractivity contribution is 9.10. The number of nitrogens with zero attached hydrogens (tertiary/aromatic N) is 1. The van der Waals surface area contributed by atoms with E-state index in [9.17, 15) is 18.0 Å². The maximum absolute atomic E-state index is 13.0. The highest BCUT2D eigenvalue weighted by Crippen LogP contribution is 2.25. The Hall–Kier alpha value is -1.11. The van der Waals surface area contributed by atoms with Crippen LogP contribution in [0.5, 0.6) is 0 Å². The summed E-state index contributed by atoms with van der Waals surface area (Å²) in [4.78, 5) is 13.6. The molecule has 0 aromatic carbocycles. The second-order valence-electron chi connectivity index (χ2n) is 2.68. The lowest BCUT2D eigenvalue weighted by Gasteiger charge is -2.05. The van der Waals surface area contributed by atoms with Crippen molar-refractivity contribution in [3.8, 4) is 0 Å². The number of carbonyl (C=O) groups is 1. The van der Waals surface area contributed by atoms with Gasteiger partial charge in [0.25, 0.3) is 6.43 Å². The summed E-state index contributed by atoms with van der Waals surface area (Å²) in [5, 5.41) is 8.44. The van der Waals surface area contributed by atoms with E-state index in [4.69, 9.17) is 5.11 Å². The van der Waals surface area contributed by atoms with Gasteiger partial charge in [-0.05, 0) is 27.6 Å². The molecule has 0 saturated carbocycles. The summed E-state index contributed by atoms with van der Waals surface area (Å²) in [6, 6.07) is 0.743. The van der Waals surface area contributed by atoms with Crippen molar-refractivity contribution in [2.24, 2.45) is 0 Å². The Labute approximate surface area is 91.1 Å². The van der Waals surface area contributed by atoms with E-state index >= 15 is 0 Å². The number of aromatic nitrogens is 1. The van der Waals surface area contributed by atoms with Gasteiger partial charge in [-0.25, -0.2) is 18.2 Å². The molecule has 0 aliphatic heterocycles. The molecule has 0 saturated heterocycles. The van der Waals surface area contributed by atoms with Gasteiger partial charge in [0.2, 0.25) is 0 Å².